The van der Waals surface area contributed by atoms with Crippen LogP contribution in [0.25, 0.3) is 10.9 Å². The van der Waals surface area contributed by atoms with E-state index in [-0.39, 0.29) is 6.03 Å². The van der Waals surface area contributed by atoms with Gasteiger partial charge in [0, 0.05) is 41.1 Å². The predicted octanol–water partition coefficient (Wildman–Crippen LogP) is 3.55. The first kappa shape index (κ1) is 14.6. The Labute approximate surface area is 132 Å². The number of H-pyrrole nitrogens is 1. The molecule has 0 unspecified atom stereocenters. The molecule has 3 rings (SSSR count). The van der Waals surface area contributed by atoms with Gasteiger partial charge >= 0.3 is 6.03 Å². The number of carbonyl (C=O) groups excluding carboxylic acids is 1. The van der Waals surface area contributed by atoms with Crippen molar-refractivity contribution in [2.45, 2.75) is 19.8 Å². The van der Waals surface area contributed by atoms with E-state index in [1.54, 1.807) is 11.3 Å². The molecule has 0 aliphatic carbocycles. The lowest BCUT2D eigenvalue weighted by atomic mass is 10.2. The SMILES string of the molecule is CCc1cnc(CCNC(=O)Nc2cccc3[nH]ccc23)s1. The number of thiazole rings is 1. The number of carbonyl (C=O) groups is 1. The highest BCUT2D eigenvalue weighted by molar-refractivity contribution is 7.11. The Kier molecular flexibility index (Phi) is 4.39. The van der Waals surface area contributed by atoms with Crippen molar-refractivity contribution in [1.29, 1.82) is 0 Å². The fourth-order valence-electron chi connectivity index (χ4n) is 2.27. The maximum atomic E-state index is 12.0. The van der Waals surface area contributed by atoms with Crippen molar-refractivity contribution < 1.29 is 4.79 Å². The van der Waals surface area contributed by atoms with Gasteiger partial charge in [-0.1, -0.05) is 13.0 Å². The van der Waals surface area contributed by atoms with Crippen molar-refractivity contribution >= 4 is 34.0 Å². The summed E-state index contributed by atoms with van der Waals surface area (Å²) in [5, 5.41) is 7.82. The van der Waals surface area contributed by atoms with Gasteiger partial charge in [0.15, 0.2) is 0 Å². The second-order valence-corrected chi connectivity index (χ2v) is 6.15. The molecule has 0 saturated heterocycles. The fraction of sp³-hybridized carbons (Fsp3) is 0.250. The number of nitrogens with one attached hydrogen (secondary N) is 3. The van der Waals surface area contributed by atoms with Gasteiger partial charge in [0.05, 0.1) is 10.7 Å². The zero-order valence-electron chi connectivity index (χ0n) is 12.3. The van der Waals surface area contributed by atoms with Crippen molar-refractivity contribution in [2.75, 3.05) is 11.9 Å². The summed E-state index contributed by atoms with van der Waals surface area (Å²) in [7, 11) is 0. The van der Waals surface area contributed by atoms with Crippen LogP contribution in [0.15, 0.2) is 36.7 Å². The molecule has 0 atom stereocenters. The van der Waals surface area contributed by atoms with E-state index >= 15 is 0 Å². The molecule has 3 N–H and O–H groups in total. The van der Waals surface area contributed by atoms with E-state index in [2.05, 4.69) is 27.5 Å². The summed E-state index contributed by atoms with van der Waals surface area (Å²) in [4.78, 5) is 20.7. The van der Waals surface area contributed by atoms with Gasteiger partial charge in [-0.2, -0.15) is 0 Å². The van der Waals surface area contributed by atoms with E-state index < -0.39 is 0 Å². The third-order valence-corrected chi connectivity index (χ3v) is 4.62. The molecular weight excluding hydrogens is 296 g/mol. The van der Waals surface area contributed by atoms with E-state index in [0.29, 0.717) is 6.54 Å². The summed E-state index contributed by atoms with van der Waals surface area (Å²) in [5.74, 6) is 0. The van der Waals surface area contributed by atoms with Crippen LogP contribution >= 0.6 is 11.3 Å². The number of rotatable bonds is 5. The summed E-state index contributed by atoms with van der Waals surface area (Å²) in [5.41, 5.74) is 1.81. The fourth-order valence-corrected chi connectivity index (χ4v) is 3.13. The highest BCUT2D eigenvalue weighted by atomic mass is 32.1. The molecule has 2 aromatic heterocycles. The lowest BCUT2D eigenvalue weighted by Crippen LogP contribution is -2.30. The monoisotopic (exact) mass is 314 g/mol. The molecule has 114 valence electrons. The molecule has 0 aliphatic rings. The van der Waals surface area contributed by atoms with Gasteiger partial charge < -0.3 is 15.6 Å². The molecule has 0 saturated carbocycles. The summed E-state index contributed by atoms with van der Waals surface area (Å²) in [6, 6.07) is 7.54. The van der Waals surface area contributed by atoms with Gasteiger partial charge in [0.25, 0.3) is 0 Å². The lowest BCUT2D eigenvalue weighted by molar-refractivity contribution is 0.252. The number of benzene rings is 1. The van der Waals surface area contributed by atoms with Gasteiger partial charge in [-0.05, 0) is 24.6 Å². The Balaban J connectivity index is 1.53. The third kappa shape index (κ3) is 3.28. The molecule has 0 fully saturated rings. The Morgan fingerprint density at radius 1 is 1.36 bits per heavy atom. The number of aromatic nitrogens is 2. The number of aryl methyl sites for hydroxylation is 1. The van der Waals surface area contributed by atoms with E-state index in [1.807, 2.05) is 36.7 Å². The molecule has 0 radical (unpaired) electrons. The number of hydrogen-bond acceptors (Lipinski definition) is 3. The van der Waals surface area contributed by atoms with Crippen LogP contribution in [0.2, 0.25) is 0 Å². The largest absolute Gasteiger partial charge is 0.361 e. The van der Waals surface area contributed by atoms with Crippen LogP contribution in [0.4, 0.5) is 10.5 Å². The van der Waals surface area contributed by atoms with Crippen molar-refractivity contribution in [3.63, 3.8) is 0 Å². The number of hydrogen-bond donors (Lipinski definition) is 3. The third-order valence-electron chi connectivity index (χ3n) is 3.42. The minimum Gasteiger partial charge on any atom is -0.361 e. The average molecular weight is 314 g/mol. The highest BCUT2D eigenvalue weighted by Gasteiger charge is 2.06. The van der Waals surface area contributed by atoms with E-state index in [9.17, 15) is 4.79 Å². The standard InChI is InChI=1S/C16H18N4OS/c1-2-11-10-19-15(22-11)7-9-18-16(21)20-14-5-3-4-13-12(14)6-8-17-13/h3-6,8,10,17H,2,7,9H2,1H3,(H2,18,20,21). The smallest absolute Gasteiger partial charge is 0.319 e. The number of amides is 2. The number of fused-ring (bicyclic) bond motifs is 1. The first-order chi connectivity index (χ1) is 10.8. The number of anilines is 1. The normalized spacial score (nSPS) is 10.8. The maximum Gasteiger partial charge on any atom is 0.319 e. The van der Waals surface area contributed by atoms with Crippen LogP contribution in [-0.2, 0) is 12.8 Å². The lowest BCUT2D eigenvalue weighted by Gasteiger charge is -2.08. The Morgan fingerprint density at radius 2 is 2.27 bits per heavy atom. The van der Waals surface area contributed by atoms with Crippen LogP contribution < -0.4 is 10.6 Å². The summed E-state index contributed by atoms with van der Waals surface area (Å²) >= 11 is 1.70. The first-order valence-electron chi connectivity index (χ1n) is 7.31. The van der Waals surface area contributed by atoms with Crippen LogP contribution in [-0.4, -0.2) is 22.5 Å². The highest BCUT2D eigenvalue weighted by Crippen LogP contribution is 2.21. The van der Waals surface area contributed by atoms with E-state index in [1.165, 1.54) is 4.88 Å². The zero-order chi connectivity index (χ0) is 15.4. The van der Waals surface area contributed by atoms with Crippen LogP contribution in [0.3, 0.4) is 0 Å². The van der Waals surface area contributed by atoms with Crippen molar-refractivity contribution in [2.24, 2.45) is 0 Å². The predicted molar refractivity (Wildman–Crippen MR) is 90.5 cm³/mol. The molecule has 3 aromatic rings. The van der Waals surface area contributed by atoms with Gasteiger partial charge in [0.1, 0.15) is 0 Å². The zero-order valence-corrected chi connectivity index (χ0v) is 13.2. The molecule has 0 aliphatic heterocycles. The number of urea groups is 1. The number of nitrogens with zero attached hydrogens (tertiary/aromatic N) is 1. The average Bonchev–Trinajstić information content (AvgIpc) is 3.16. The number of aromatic amines is 1. The van der Waals surface area contributed by atoms with Crippen molar-refractivity contribution in [1.82, 2.24) is 15.3 Å². The molecule has 1 aromatic carbocycles. The van der Waals surface area contributed by atoms with Crippen molar-refractivity contribution in [3.05, 3.63) is 46.5 Å². The summed E-state index contributed by atoms with van der Waals surface area (Å²) < 4.78 is 0. The minimum absolute atomic E-state index is 0.194. The molecular formula is C16H18N4OS. The molecule has 0 spiro atoms. The topological polar surface area (TPSA) is 69.8 Å². The molecule has 2 amide bonds. The van der Waals surface area contributed by atoms with E-state index in [4.69, 9.17) is 0 Å². The summed E-state index contributed by atoms with van der Waals surface area (Å²) in [6.45, 7) is 2.69. The van der Waals surface area contributed by atoms with Crippen LogP contribution in [0.1, 0.15) is 16.8 Å². The van der Waals surface area contributed by atoms with Crippen LogP contribution in [0, 0.1) is 0 Å². The van der Waals surface area contributed by atoms with Gasteiger partial charge in [-0.3, -0.25) is 0 Å². The van der Waals surface area contributed by atoms with Crippen molar-refractivity contribution in [3.8, 4) is 0 Å². The molecule has 22 heavy (non-hydrogen) atoms. The quantitative estimate of drug-likeness (QED) is 0.674. The Morgan fingerprint density at radius 3 is 3.09 bits per heavy atom. The first-order valence-corrected chi connectivity index (χ1v) is 8.12. The van der Waals surface area contributed by atoms with Crippen LogP contribution in [0.5, 0.6) is 0 Å². The minimum atomic E-state index is -0.194. The maximum absolute atomic E-state index is 12.0. The Bertz CT molecular complexity index is 777. The second-order valence-electron chi connectivity index (χ2n) is 4.95. The Hall–Kier alpha value is -2.34. The summed E-state index contributed by atoms with van der Waals surface area (Å²) in [6.07, 6.45) is 5.53. The van der Waals surface area contributed by atoms with E-state index in [0.717, 1.165) is 34.4 Å². The molecule has 2 heterocycles. The van der Waals surface area contributed by atoms with Gasteiger partial charge in [-0.25, -0.2) is 9.78 Å². The molecule has 5 nitrogen and oxygen atoms in total. The molecule has 0 bridgehead atoms. The second kappa shape index (κ2) is 6.62. The van der Waals surface area contributed by atoms with Gasteiger partial charge in [0.2, 0.25) is 0 Å². The van der Waals surface area contributed by atoms with Gasteiger partial charge in [-0.15, -0.1) is 11.3 Å². The molecule has 6 heteroatoms.